The molecule has 6 rings (SSSR count). The Morgan fingerprint density at radius 1 is 0.919 bits per heavy atom. The van der Waals surface area contributed by atoms with Crippen molar-refractivity contribution in [3.8, 4) is 11.1 Å². The van der Waals surface area contributed by atoms with Gasteiger partial charge in [0.2, 0.25) is 0 Å². The summed E-state index contributed by atoms with van der Waals surface area (Å²) in [5.41, 5.74) is 2.88. The number of aromatic amines is 1. The summed E-state index contributed by atoms with van der Waals surface area (Å²) in [5.74, 6) is -0.371. The number of pyridine rings is 1. The van der Waals surface area contributed by atoms with Crippen molar-refractivity contribution in [1.29, 1.82) is 0 Å². The van der Waals surface area contributed by atoms with Gasteiger partial charge in [-0.25, -0.2) is 8.42 Å². The Labute approximate surface area is 218 Å². The summed E-state index contributed by atoms with van der Waals surface area (Å²) < 4.78 is 28.2. The van der Waals surface area contributed by atoms with Gasteiger partial charge in [0.25, 0.3) is 15.9 Å². The van der Waals surface area contributed by atoms with Crippen molar-refractivity contribution in [2.75, 3.05) is 13.1 Å². The topological polar surface area (TPSA) is 127 Å². The number of rotatable bonds is 4. The molecule has 4 heterocycles. The molecular formula is C26H23ClN4O5S. The van der Waals surface area contributed by atoms with E-state index < -0.39 is 34.3 Å². The molecule has 4 unspecified atom stereocenters. The monoisotopic (exact) mass is 538 g/mol. The van der Waals surface area contributed by atoms with Gasteiger partial charge in [-0.1, -0.05) is 23.7 Å². The largest absolute Gasteiger partial charge is 0.388 e. The van der Waals surface area contributed by atoms with Crippen LogP contribution in [0.1, 0.15) is 10.4 Å². The molecule has 2 aromatic heterocycles. The van der Waals surface area contributed by atoms with Gasteiger partial charge in [0.15, 0.2) is 0 Å². The van der Waals surface area contributed by atoms with Gasteiger partial charge in [0, 0.05) is 47.0 Å². The molecule has 0 saturated carbocycles. The van der Waals surface area contributed by atoms with E-state index in [0.29, 0.717) is 21.5 Å². The van der Waals surface area contributed by atoms with Gasteiger partial charge < -0.3 is 20.1 Å². The zero-order valence-electron chi connectivity index (χ0n) is 19.4. The summed E-state index contributed by atoms with van der Waals surface area (Å²) in [7, 11) is -3.99. The van der Waals surface area contributed by atoms with Gasteiger partial charge in [0.1, 0.15) is 17.2 Å². The molecule has 11 heteroatoms. The maximum Gasteiger partial charge on any atom is 0.258 e. The number of fused-ring (bicyclic) bond motifs is 3. The van der Waals surface area contributed by atoms with E-state index in [1.54, 1.807) is 42.7 Å². The van der Waals surface area contributed by atoms with Crippen LogP contribution in [-0.4, -0.2) is 81.1 Å². The molecule has 2 saturated heterocycles. The number of aromatic nitrogens is 2. The second-order valence-electron chi connectivity index (χ2n) is 9.33. The van der Waals surface area contributed by atoms with Gasteiger partial charge in [-0.05, 0) is 59.7 Å². The molecule has 3 N–H and O–H groups in total. The third-order valence-corrected chi connectivity index (χ3v) is 9.18. The second-order valence-corrected chi connectivity index (χ2v) is 11.7. The molecule has 37 heavy (non-hydrogen) atoms. The summed E-state index contributed by atoms with van der Waals surface area (Å²) in [5, 5.41) is 22.6. The molecule has 4 atom stereocenters. The SMILES string of the molecule is O=C(c1ccc(-c2ccncc2)cc1)N1C2CN(S(=O)(=O)c3cc4cc(Cl)ccc4[nH]3)CC1C(O)C2O. The number of carbonyl (C=O) groups is 1. The lowest BCUT2D eigenvalue weighted by molar-refractivity contribution is 0.0352. The Kier molecular flexibility index (Phi) is 5.81. The summed E-state index contributed by atoms with van der Waals surface area (Å²) in [6.45, 7) is -0.290. The van der Waals surface area contributed by atoms with Gasteiger partial charge in [-0.2, -0.15) is 4.31 Å². The number of nitrogens with one attached hydrogen (secondary N) is 1. The maximum absolute atomic E-state index is 13.5. The fourth-order valence-electron chi connectivity index (χ4n) is 5.27. The Bertz CT molecular complexity index is 1570. The fraction of sp³-hybridized carbons (Fsp3) is 0.231. The molecule has 0 spiro atoms. The number of piperazine rings is 1. The third kappa shape index (κ3) is 4.01. The van der Waals surface area contributed by atoms with Crippen molar-refractivity contribution in [1.82, 2.24) is 19.2 Å². The van der Waals surface area contributed by atoms with Crippen LogP contribution in [0.5, 0.6) is 0 Å². The van der Waals surface area contributed by atoms with E-state index in [0.717, 1.165) is 11.1 Å². The number of benzene rings is 2. The zero-order chi connectivity index (χ0) is 25.9. The Morgan fingerprint density at radius 2 is 1.54 bits per heavy atom. The normalized spacial score (nSPS) is 24.0. The van der Waals surface area contributed by atoms with E-state index in [4.69, 9.17) is 11.6 Å². The highest BCUT2D eigenvalue weighted by Crippen LogP contribution is 2.35. The zero-order valence-corrected chi connectivity index (χ0v) is 21.0. The number of H-pyrrole nitrogens is 1. The molecular weight excluding hydrogens is 516 g/mol. The summed E-state index contributed by atoms with van der Waals surface area (Å²) in [4.78, 5) is 21.8. The van der Waals surface area contributed by atoms with E-state index >= 15 is 0 Å². The van der Waals surface area contributed by atoms with E-state index in [2.05, 4.69) is 9.97 Å². The van der Waals surface area contributed by atoms with E-state index in [9.17, 15) is 23.4 Å². The number of hydrogen-bond donors (Lipinski definition) is 3. The molecule has 2 bridgehead atoms. The Hall–Kier alpha value is -3.28. The smallest absolute Gasteiger partial charge is 0.258 e. The average molecular weight is 539 g/mol. The molecule has 9 nitrogen and oxygen atoms in total. The van der Waals surface area contributed by atoms with Gasteiger partial charge in [0.05, 0.1) is 12.1 Å². The highest BCUT2D eigenvalue weighted by molar-refractivity contribution is 7.89. The van der Waals surface area contributed by atoms with Gasteiger partial charge in [-0.15, -0.1) is 0 Å². The summed E-state index contributed by atoms with van der Waals surface area (Å²) >= 11 is 6.04. The number of halogens is 1. The first kappa shape index (κ1) is 24.1. The predicted molar refractivity (Wildman–Crippen MR) is 137 cm³/mol. The Morgan fingerprint density at radius 3 is 2.19 bits per heavy atom. The van der Waals surface area contributed by atoms with Crippen molar-refractivity contribution in [2.45, 2.75) is 29.3 Å². The molecule has 2 aliphatic rings. The van der Waals surface area contributed by atoms with E-state index in [-0.39, 0.29) is 24.0 Å². The van der Waals surface area contributed by atoms with Crippen molar-refractivity contribution < 1.29 is 23.4 Å². The van der Waals surface area contributed by atoms with Crippen LogP contribution < -0.4 is 0 Å². The first-order valence-corrected chi connectivity index (χ1v) is 13.5. The number of amides is 1. The predicted octanol–water partition coefficient (Wildman–Crippen LogP) is 2.50. The van der Waals surface area contributed by atoms with Gasteiger partial charge in [-0.3, -0.25) is 9.78 Å². The minimum Gasteiger partial charge on any atom is -0.388 e. The van der Waals surface area contributed by atoms with Crippen molar-refractivity contribution in [3.63, 3.8) is 0 Å². The standard InChI is InChI=1S/C26H23ClN4O5S/c27-19-5-6-20-18(11-19)12-23(29-20)37(35,36)30-13-21-24(32)25(33)22(14-30)31(21)26(34)17-3-1-15(2-4-17)16-7-9-28-10-8-16/h1-12,21-22,24-25,29,32-33H,13-14H2. The van der Waals surface area contributed by atoms with E-state index in [1.807, 2.05) is 24.3 Å². The van der Waals surface area contributed by atoms with Crippen LogP contribution in [0.15, 0.2) is 78.1 Å². The lowest BCUT2D eigenvalue weighted by Crippen LogP contribution is -2.59. The van der Waals surface area contributed by atoms with Crippen LogP contribution in [0.3, 0.4) is 0 Å². The van der Waals surface area contributed by atoms with Crippen molar-refractivity contribution in [3.05, 3.63) is 83.6 Å². The second kappa shape index (κ2) is 8.93. The summed E-state index contributed by atoms with van der Waals surface area (Å²) in [6, 6.07) is 15.5. The van der Waals surface area contributed by atoms with Crippen LogP contribution in [0.2, 0.25) is 5.02 Å². The van der Waals surface area contributed by atoms with Crippen LogP contribution >= 0.6 is 11.6 Å². The lowest BCUT2D eigenvalue weighted by Gasteiger charge is -2.40. The fourth-order valence-corrected chi connectivity index (χ4v) is 6.94. The lowest BCUT2D eigenvalue weighted by atomic mass is 10.0. The average Bonchev–Trinajstić information content (AvgIpc) is 3.41. The number of sulfonamides is 1. The first-order valence-electron chi connectivity index (χ1n) is 11.7. The third-order valence-electron chi connectivity index (χ3n) is 7.19. The minimum absolute atomic E-state index is 0.0142. The minimum atomic E-state index is -3.99. The van der Waals surface area contributed by atoms with Crippen molar-refractivity contribution in [2.24, 2.45) is 0 Å². The molecule has 0 aliphatic carbocycles. The van der Waals surface area contributed by atoms with Crippen LogP contribution in [0.25, 0.3) is 22.0 Å². The molecule has 1 amide bonds. The Balaban J connectivity index is 1.27. The van der Waals surface area contributed by atoms with Crippen LogP contribution in [0, 0.1) is 0 Å². The number of aliphatic hydroxyl groups excluding tert-OH is 2. The molecule has 2 aliphatic heterocycles. The summed E-state index contributed by atoms with van der Waals surface area (Å²) in [6.07, 6.45) is 0.833. The van der Waals surface area contributed by atoms with Crippen LogP contribution in [0.4, 0.5) is 0 Å². The highest BCUT2D eigenvalue weighted by Gasteiger charge is 2.55. The molecule has 2 aromatic carbocycles. The first-order chi connectivity index (χ1) is 17.7. The van der Waals surface area contributed by atoms with Crippen molar-refractivity contribution >= 4 is 38.4 Å². The molecule has 0 radical (unpaired) electrons. The number of aliphatic hydroxyl groups is 2. The maximum atomic E-state index is 13.5. The molecule has 2 fully saturated rings. The van der Waals surface area contributed by atoms with E-state index in [1.165, 1.54) is 15.3 Å². The van der Waals surface area contributed by atoms with Gasteiger partial charge >= 0.3 is 0 Å². The molecule has 190 valence electrons. The number of nitrogens with zero attached hydrogens (tertiary/aromatic N) is 3. The quantitative estimate of drug-likeness (QED) is 0.366. The number of carbonyl (C=O) groups excluding carboxylic acids is 1. The molecule has 4 aromatic rings. The van der Waals surface area contributed by atoms with Crippen LogP contribution in [-0.2, 0) is 10.0 Å². The highest BCUT2D eigenvalue weighted by atomic mass is 35.5. The number of hydrogen-bond acceptors (Lipinski definition) is 6.